The average Bonchev–Trinajstić information content (AvgIpc) is 2.30. The average molecular weight is 238 g/mol. The molecule has 1 amide bonds. The molecular weight excluding hydrogens is 212 g/mol. The van der Waals surface area contributed by atoms with Crippen LogP contribution >= 0.6 is 0 Å². The summed E-state index contributed by atoms with van der Waals surface area (Å²) in [5, 5.41) is 0. The van der Waals surface area contributed by atoms with E-state index in [1.54, 1.807) is 4.90 Å². The Labute approximate surface area is 106 Å². The van der Waals surface area contributed by atoms with Crippen LogP contribution in [0.25, 0.3) is 0 Å². The lowest BCUT2D eigenvalue weighted by atomic mass is 9.88. The predicted molar refractivity (Wildman–Crippen MR) is 72.3 cm³/mol. The molecule has 0 aliphatic carbocycles. The van der Waals surface area contributed by atoms with Gasteiger partial charge in [0, 0.05) is 13.0 Å². The molecule has 0 radical (unpaired) electrons. The Balaban J connectivity index is 4.15. The number of nitrogens with two attached hydrogens (primary N) is 1. The first kappa shape index (κ1) is 16.0. The van der Waals surface area contributed by atoms with Gasteiger partial charge in [0.15, 0.2) is 0 Å². The second-order valence-electron chi connectivity index (χ2n) is 4.73. The minimum atomic E-state index is 0.160. The van der Waals surface area contributed by atoms with E-state index in [1.165, 1.54) is 0 Å². The lowest BCUT2D eigenvalue weighted by Gasteiger charge is -2.22. The smallest absolute Gasteiger partial charge is 0.223 e. The van der Waals surface area contributed by atoms with Crippen LogP contribution in [0.5, 0.6) is 0 Å². The van der Waals surface area contributed by atoms with E-state index in [2.05, 4.69) is 19.8 Å². The molecule has 1 unspecified atom stereocenters. The van der Waals surface area contributed by atoms with Crippen molar-refractivity contribution in [3.05, 3.63) is 0 Å². The topological polar surface area (TPSA) is 46.3 Å². The summed E-state index contributed by atoms with van der Waals surface area (Å²) in [6.07, 6.45) is 7.72. The number of nitrogens with zero attached hydrogens (tertiary/aromatic N) is 1. The standard InChI is InChI=1S/C14H26N2O/c1-5-11-16(6-2)14(17)8-7-13(9-10-15)12(3)4/h1,12-13H,6-11,15H2,2-4H3. The summed E-state index contributed by atoms with van der Waals surface area (Å²) in [5.74, 6) is 3.79. The van der Waals surface area contributed by atoms with Gasteiger partial charge in [-0.3, -0.25) is 4.79 Å². The molecule has 0 aromatic carbocycles. The highest BCUT2D eigenvalue weighted by Crippen LogP contribution is 2.20. The van der Waals surface area contributed by atoms with Gasteiger partial charge in [0.05, 0.1) is 6.54 Å². The van der Waals surface area contributed by atoms with Crippen molar-refractivity contribution < 1.29 is 4.79 Å². The first-order chi connectivity index (χ1) is 8.06. The Morgan fingerprint density at radius 3 is 2.47 bits per heavy atom. The van der Waals surface area contributed by atoms with Gasteiger partial charge in [0.2, 0.25) is 5.91 Å². The SMILES string of the molecule is C#CCN(CC)C(=O)CCC(CCN)C(C)C. The molecule has 0 rings (SSSR count). The molecule has 98 valence electrons. The molecule has 0 saturated carbocycles. The van der Waals surface area contributed by atoms with Gasteiger partial charge in [-0.15, -0.1) is 6.42 Å². The fourth-order valence-corrected chi connectivity index (χ4v) is 1.98. The number of carbonyl (C=O) groups is 1. The molecule has 0 spiro atoms. The summed E-state index contributed by atoms with van der Waals surface area (Å²) < 4.78 is 0. The Morgan fingerprint density at radius 1 is 1.41 bits per heavy atom. The third-order valence-corrected chi connectivity index (χ3v) is 3.23. The molecule has 0 bridgehead atoms. The molecule has 0 saturated heterocycles. The van der Waals surface area contributed by atoms with Crippen LogP contribution in [0.1, 0.15) is 40.0 Å². The molecule has 17 heavy (non-hydrogen) atoms. The van der Waals surface area contributed by atoms with Gasteiger partial charge < -0.3 is 10.6 Å². The molecule has 0 heterocycles. The van der Waals surface area contributed by atoms with Crippen molar-refractivity contribution in [2.45, 2.75) is 40.0 Å². The molecule has 2 N–H and O–H groups in total. The van der Waals surface area contributed by atoms with Crippen molar-refractivity contribution in [3.63, 3.8) is 0 Å². The van der Waals surface area contributed by atoms with Crippen molar-refractivity contribution in [2.24, 2.45) is 17.6 Å². The van der Waals surface area contributed by atoms with Crippen LogP contribution in [-0.4, -0.2) is 30.4 Å². The maximum absolute atomic E-state index is 11.9. The van der Waals surface area contributed by atoms with Crippen molar-refractivity contribution in [1.29, 1.82) is 0 Å². The second kappa shape index (κ2) is 9.07. The van der Waals surface area contributed by atoms with Gasteiger partial charge in [0.1, 0.15) is 0 Å². The van der Waals surface area contributed by atoms with Gasteiger partial charge in [-0.2, -0.15) is 0 Å². The maximum atomic E-state index is 11.9. The molecule has 3 nitrogen and oxygen atoms in total. The number of terminal acetylenes is 1. The Kier molecular flexibility index (Phi) is 8.53. The highest BCUT2D eigenvalue weighted by Gasteiger charge is 2.16. The van der Waals surface area contributed by atoms with Crippen LogP contribution in [0, 0.1) is 24.2 Å². The zero-order valence-corrected chi connectivity index (χ0v) is 11.4. The van der Waals surface area contributed by atoms with E-state index >= 15 is 0 Å². The largest absolute Gasteiger partial charge is 0.332 e. The summed E-state index contributed by atoms with van der Waals surface area (Å²) in [4.78, 5) is 13.6. The van der Waals surface area contributed by atoms with E-state index in [-0.39, 0.29) is 5.91 Å². The highest BCUT2D eigenvalue weighted by molar-refractivity contribution is 5.76. The van der Waals surface area contributed by atoms with E-state index in [0.717, 1.165) is 12.8 Å². The van der Waals surface area contributed by atoms with E-state index < -0.39 is 0 Å². The lowest BCUT2D eigenvalue weighted by molar-refractivity contribution is -0.130. The number of hydrogen-bond acceptors (Lipinski definition) is 2. The van der Waals surface area contributed by atoms with Crippen LogP contribution in [0.3, 0.4) is 0 Å². The van der Waals surface area contributed by atoms with Crippen LogP contribution < -0.4 is 5.73 Å². The van der Waals surface area contributed by atoms with Crippen molar-refractivity contribution in [3.8, 4) is 12.3 Å². The Hall–Kier alpha value is -1.01. The van der Waals surface area contributed by atoms with Gasteiger partial charge in [-0.25, -0.2) is 0 Å². The second-order valence-corrected chi connectivity index (χ2v) is 4.73. The van der Waals surface area contributed by atoms with Crippen LogP contribution in [0.15, 0.2) is 0 Å². The number of amides is 1. The van der Waals surface area contributed by atoms with Gasteiger partial charge in [-0.05, 0) is 38.1 Å². The van der Waals surface area contributed by atoms with E-state index in [4.69, 9.17) is 12.2 Å². The predicted octanol–water partition coefficient (Wildman–Crippen LogP) is 1.87. The summed E-state index contributed by atoms with van der Waals surface area (Å²) in [7, 11) is 0. The molecule has 0 fully saturated rings. The normalized spacial score (nSPS) is 12.2. The molecule has 0 aromatic rings. The minimum Gasteiger partial charge on any atom is -0.332 e. The van der Waals surface area contributed by atoms with Gasteiger partial charge in [0.25, 0.3) is 0 Å². The van der Waals surface area contributed by atoms with Crippen LogP contribution in [0.2, 0.25) is 0 Å². The fraction of sp³-hybridized carbons (Fsp3) is 0.786. The third-order valence-electron chi connectivity index (χ3n) is 3.23. The van der Waals surface area contributed by atoms with Crippen molar-refractivity contribution in [2.75, 3.05) is 19.6 Å². The zero-order valence-electron chi connectivity index (χ0n) is 11.4. The molecule has 0 aliphatic rings. The number of hydrogen-bond donors (Lipinski definition) is 1. The molecule has 0 aliphatic heterocycles. The monoisotopic (exact) mass is 238 g/mol. The van der Waals surface area contributed by atoms with Crippen molar-refractivity contribution in [1.82, 2.24) is 4.90 Å². The number of rotatable bonds is 8. The lowest BCUT2D eigenvalue weighted by Crippen LogP contribution is -2.31. The quantitative estimate of drug-likeness (QED) is 0.656. The summed E-state index contributed by atoms with van der Waals surface area (Å²) in [5.41, 5.74) is 5.59. The first-order valence-electron chi connectivity index (χ1n) is 6.48. The summed E-state index contributed by atoms with van der Waals surface area (Å²) in [6, 6.07) is 0. The molecule has 3 heteroatoms. The molecular formula is C14H26N2O. The van der Waals surface area contributed by atoms with E-state index in [1.807, 2.05) is 6.92 Å². The Bertz CT molecular complexity index is 255. The van der Waals surface area contributed by atoms with Crippen LogP contribution in [0.4, 0.5) is 0 Å². The zero-order chi connectivity index (χ0) is 13.3. The maximum Gasteiger partial charge on any atom is 0.223 e. The summed E-state index contributed by atoms with van der Waals surface area (Å²) in [6.45, 7) is 8.12. The minimum absolute atomic E-state index is 0.160. The molecule has 1 atom stereocenters. The fourth-order valence-electron chi connectivity index (χ4n) is 1.98. The summed E-state index contributed by atoms with van der Waals surface area (Å²) >= 11 is 0. The van der Waals surface area contributed by atoms with Gasteiger partial charge in [-0.1, -0.05) is 19.8 Å². The van der Waals surface area contributed by atoms with Gasteiger partial charge >= 0.3 is 0 Å². The van der Waals surface area contributed by atoms with E-state index in [0.29, 0.717) is 37.9 Å². The first-order valence-corrected chi connectivity index (χ1v) is 6.48. The third kappa shape index (κ3) is 6.33. The van der Waals surface area contributed by atoms with Crippen molar-refractivity contribution >= 4 is 5.91 Å². The number of carbonyl (C=O) groups excluding carboxylic acids is 1. The highest BCUT2D eigenvalue weighted by atomic mass is 16.2. The molecule has 0 aromatic heterocycles. The van der Waals surface area contributed by atoms with E-state index in [9.17, 15) is 4.79 Å². The Morgan fingerprint density at radius 2 is 2.06 bits per heavy atom. The van der Waals surface area contributed by atoms with Crippen LogP contribution in [-0.2, 0) is 4.79 Å².